The number of hydrogen-bond donors (Lipinski definition) is 3. The van der Waals surface area contributed by atoms with Crippen LogP contribution in [0.1, 0.15) is 34.5 Å². The van der Waals surface area contributed by atoms with E-state index in [1.165, 1.54) is 12.8 Å². The summed E-state index contributed by atoms with van der Waals surface area (Å²) in [5.74, 6) is 0.793. The molecule has 0 heterocycles. The molecule has 0 aromatic carbocycles. The molecule has 3 N–H and O–H groups in total. The molecule has 0 radical (unpaired) electrons. The molecule has 0 aliphatic rings. The van der Waals surface area contributed by atoms with E-state index >= 15 is 0 Å². The first kappa shape index (κ1) is 20.8. The number of aliphatic hydroxyl groups excluding tert-OH is 1. The first-order chi connectivity index (χ1) is 5.77. The molecule has 84 valence electrons. The van der Waals surface area contributed by atoms with Gasteiger partial charge in [-0.05, 0) is 12.3 Å². The van der Waals surface area contributed by atoms with Crippen LogP contribution in [0.5, 0.6) is 0 Å². The summed E-state index contributed by atoms with van der Waals surface area (Å²) in [6.07, 6.45) is 3.40. The molecule has 0 saturated heterocycles. The maximum Gasteiger partial charge on any atom is 1.00 e. The van der Waals surface area contributed by atoms with Crippen LogP contribution in [0, 0.1) is 5.92 Å². The molecule has 0 fully saturated rings. The Morgan fingerprint density at radius 3 is 1.79 bits per heavy atom. The van der Waals surface area contributed by atoms with Gasteiger partial charge in [0.15, 0.2) is 0 Å². The zero-order valence-corrected chi connectivity index (χ0v) is 12.9. The molecule has 5 nitrogen and oxygen atoms in total. The van der Waals surface area contributed by atoms with Gasteiger partial charge >= 0.3 is 61.8 Å². The van der Waals surface area contributed by atoms with Gasteiger partial charge in [-0.25, -0.2) is 0 Å². The summed E-state index contributed by atoms with van der Waals surface area (Å²) in [4.78, 5) is 0. The average Bonchev–Trinajstić information content (AvgIpc) is 1.83. The Morgan fingerprint density at radius 2 is 1.57 bits per heavy atom. The van der Waals surface area contributed by atoms with Crippen LogP contribution in [0.2, 0.25) is 0 Å². The molecule has 0 aliphatic heterocycles. The SMILES string of the molecule is CC(C)CCCCO.O=S(=O)(O)O.[H-].[K+]. The number of unbranched alkanes of at least 4 members (excludes halogenated alkanes) is 1. The van der Waals surface area contributed by atoms with Gasteiger partial charge in [0.2, 0.25) is 0 Å². The number of hydrogen-bond acceptors (Lipinski definition) is 3. The van der Waals surface area contributed by atoms with Crippen LogP contribution in [0.15, 0.2) is 0 Å². The van der Waals surface area contributed by atoms with Gasteiger partial charge in [-0.2, -0.15) is 8.42 Å². The molecule has 0 bridgehead atoms. The Morgan fingerprint density at radius 1 is 1.21 bits per heavy atom. The van der Waals surface area contributed by atoms with Crippen molar-refractivity contribution in [2.24, 2.45) is 5.92 Å². The van der Waals surface area contributed by atoms with Crippen LogP contribution in [0.4, 0.5) is 0 Å². The Bertz CT molecular complexity index is 188. The van der Waals surface area contributed by atoms with E-state index in [2.05, 4.69) is 13.8 Å². The van der Waals surface area contributed by atoms with E-state index in [9.17, 15) is 0 Å². The number of rotatable bonds is 4. The van der Waals surface area contributed by atoms with Crippen LogP contribution in [-0.2, 0) is 10.4 Å². The van der Waals surface area contributed by atoms with Crippen molar-refractivity contribution in [2.45, 2.75) is 33.1 Å². The van der Waals surface area contributed by atoms with Crippen LogP contribution in [0.25, 0.3) is 0 Å². The van der Waals surface area contributed by atoms with Gasteiger partial charge in [0.05, 0.1) is 0 Å². The van der Waals surface area contributed by atoms with Gasteiger partial charge in [0.25, 0.3) is 0 Å². The molecule has 7 heteroatoms. The molecule has 0 saturated carbocycles. The van der Waals surface area contributed by atoms with Crippen LogP contribution < -0.4 is 51.4 Å². The van der Waals surface area contributed by atoms with Crippen LogP contribution in [-0.4, -0.2) is 29.2 Å². The van der Waals surface area contributed by atoms with Crippen molar-refractivity contribution in [1.82, 2.24) is 0 Å². The molecule has 0 unspecified atom stereocenters. The topological polar surface area (TPSA) is 94.8 Å². The van der Waals surface area contributed by atoms with Crippen molar-refractivity contribution in [2.75, 3.05) is 6.61 Å². The smallest absolute Gasteiger partial charge is 1.00 e. The second kappa shape index (κ2) is 12.5. The average molecular weight is 254 g/mol. The Balaban J connectivity index is -0.0000000770. The zero-order chi connectivity index (χ0) is 10.9. The molecule has 14 heavy (non-hydrogen) atoms. The molecular weight excluding hydrogens is 235 g/mol. The molecule has 0 spiro atoms. The van der Waals surface area contributed by atoms with Crippen LogP contribution in [0.3, 0.4) is 0 Å². The third-order valence-electron chi connectivity index (χ3n) is 1.19. The van der Waals surface area contributed by atoms with Gasteiger partial charge in [0, 0.05) is 6.61 Å². The van der Waals surface area contributed by atoms with E-state index in [0.29, 0.717) is 6.61 Å². The van der Waals surface area contributed by atoms with E-state index in [-0.39, 0.29) is 52.8 Å². The van der Waals surface area contributed by atoms with Gasteiger partial charge in [-0.15, -0.1) is 0 Å². The third kappa shape index (κ3) is 50.1. The van der Waals surface area contributed by atoms with Gasteiger partial charge in [-0.3, -0.25) is 9.11 Å². The Kier molecular flexibility index (Phi) is 18.6. The van der Waals surface area contributed by atoms with Crippen molar-refractivity contribution in [1.29, 1.82) is 0 Å². The van der Waals surface area contributed by atoms with Crippen molar-refractivity contribution in [3.63, 3.8) is 0 Å². The second-order valence-electron chi connectivity index (χ2n) is 3.06. The summed E-state index contributed by atoms with van der Waals surface area (Å²) in [6, 6.07) is 0. The molecule has 0 aromatic rings. The van der Waals surface area contributed by atoms with Crippen molar-refractivity contribution >= 4 is 10.4 Å². The largest absolute Gasteiger partial charge is 1.00 e. The summed E-state index contributed by atoms with van der Waals surface area (Å²) >= 11 is 0. The van der Waals surface area contributed by atoms with E-state index < -0.39 is 10.4 Å². The fourth-order valence-electron chi connectivity index (χ4n) is 0.664. The Labute approximate surface area is 130 Å². The Hall–Kier alpha value is 1.47. The fraction of sp³-hybridized carbons (Fsp3) is 1.00. The third-order valence-corrected chi connectivity index (χ3v) is 1.19. The summed E-state index contributed by atoms with van der Waals surface area (Å²) in [6.45, 7) is 4.77. The van der Waals surface area contributed by atoms with Gasteiger partial charge in [-0.1, -0.05) is 26.7 Å². The quantitative estimate of drug-likeness (QED) is 0.315. The minimum atomic E-state index is -4.67. The number of aliphatic hydroxyl groups is 1. The monoisotopic (exact) mass is 254 g/mol. The molecule has 0 aliphatic carbocycles. The molecule has 0 amide bonds. The predicted octanol–water partition coefficient (Wildman–Crippen LogP) is -1.73. The van der Waals surface area contributed by atoms with Crippen molar-refractivity contribution < 1.29 is 75.4 Å². The molecule has 0 rings (SSSR count). The maximum absolute atomic E-state index is 8.74. The summed E-state index contributed by atoms with van der Waals surface area (Å²) in [7, 11) is -4.67. The minimum Gasteiger partial charge on any atom is -1.00 e. The van der Waals surface area contributed by atoms with Crippen molar-refractivity contribution in [3.05, 3.63) is 0 Å². The molecular formula is C7H19KO5S. The first-order valence-corrected chi connectivity index (χ1v) is 5.47. The van der Waals surface area contributed by atoms with E-state index in [0.717, 1.165) is 12.3 Å². The minimum absolute atomic E-state index is 0. The molecule has 0 atom stereocenters. The van der Waals surface area contributed by atoms with Crippen molar-refractivity contribution in [3.8, 4) is 0 Å². The van der Waals surface area contributed by atoms with E-state index in [1.54, 1.807) is 0 Å². The van der Waals surface area contributed by atoms with E-state index in [4.69, 9.17) is 22.6 Å². The van der Waals surface area contributed by atoms with Gasteiger partial charge < -0.3 is 6.53 Å². The first-order valence-electron chi connectivity index (χ1n) is 4.08. The molecule has 0 aromatic heterocycles. The fourth-order valence-corrected chi connectivity index (χ4v) is 0.664. The van der Waals surface area contributed by atoms with Gasteiger partial charge in [0.1, 0.15) is 0 Å². The standard InChI is InChI=1S/C7H16O.K.H2O4S.H/c1-7(2)5-3-4-6-8;;1-5(2,3)4;/h7-8H,3-6H2,1-2H3;;(H2,1,2,3,4);/q;+1;;-1. The summed E-state index contributed by atoms with van der Waals surface area (Å²) in [5.41, 5.74) is 0. The normalized spacial score (nSPS) is 10.1. The second-order valence-corrected chi connectivity index (χ2v) is 3.96. The summed E-state index contributed by atoms with van der Waals surface area (Å²) < 4.78 is 31.6. The summed E-state index contributed by atoms with van der Waals surface area (Å²) in [5, 5.41) is 8.38. The van der Waals surface area contributed by atoms with E-state index in [1.807, 2.05) is 0 Å². The predicted molar refractivity (Wildman–Crippen MR) is 51.1 cm³/mol. The van der Waals surface area contributed by atoms with Crippen LogP contribution >= 0.6 is 0 Å². The maximum atomic E-state index is 8.74. The zero-order valence-electron chi connectivity index (χ0n) is 9.97.